The average molecular weight is 399 g/mol. The number of pyridine rings is 1. The summed E-state index contributed by atoms with van der Waals surface area (Å²) in [5.41, 5.74) is 7.12. The third-order valence-corrected chi connectivity index (χ3v) is 5.05. The molecule has 0 saturated carbocycles. The lowest BCUT2D eigenvalue weighted by Crippen LogP contribution is -2.22. The number of aromatic nitrogens is 2. The fourth-order valence-electron chi connectivity index (χ4n) is 3.93. The molecule has 0 bridgehead atoms. The van der Waals surface area contributed by atoms with E-state index in [-0.39, 0.29) is 5.41 Å². The molecule has 0 radical (unpaired) electrons. The first-order chi connectivity index (χ1) is 13.9. The lowest BCUT2D eigenvalue weighted by molar-refractivity contribution is -0.131. The highest BCUT2D eigenvalue weighted by Crippen LogP contribution is 2.38. The maximum atomic E-state index is 10.7. The van der Waals surface area contributed by atoms with Crippen molar-refractivity contribution in [3.05, 3.63) is 47.4 Å². The van der Waals surface area contributed by atoms with Gasteiger partial charge < -0.3 is 9.30 Å². The summed E-state index contributed by atoms with van der Waals surface area (Å²) >= 11 is 0. The molecular formula is C25H38N2O2. The van der Waals surface area contributed by atoms with Crippen molar-refractivity contribution in [3.8, 4) is 11.3 Å². The van der Waals surface area contributed by atoms with E-state index in [9.17, 15) is 4.79 Å². The highest BCUT2D eigenvalue weighted by atomic mass is 16.5. The molecule has 0 aromatic carbocycles. The lowest BCUT2D eigenvalue weighted by atomic mass is 9.83. The van der Waals surface area contributed by atoms with Crippen LogP contribution in [0.2, 0.25) is 0 Å². The van der Waals surface area contributed by atoms with Crippen molar-refractivity contribution in [3.63, 3.8) is 0 Å². The molecule has 0 amide bonds. The monoisotopic (exact) mass is 398 g/mol. The van der Waals surface area contributed by atoms with Crippen molar-refractivity contribution in [2.75, 3.05) is 6.61 Å². The normalized spacial score (nSPS) is 10.9. The van der Waals surface area contributed by atoms with Crippen LogP contribution in [0, 0.1) is 5.41 Å². The van der Waals surface area contributed by atoms with Crippen molar-refractivity contribution in [2.24, 2.45) is 5.41 Å². The first-order valence-corrected chi connectivity index (χ1v) is 10.8. The average Bonchev–Trinajstić information content (AvgIpc) is 3.04. The van der Waals surface area contributed by atoms with Gasteiger partial charge in [0.2, 0.25) is 0 Å². The standard InChI is InChI=1S/C23H32N2O2.C2H6/c1-7-17-19(14-23(5,6)15-27-16-26)22(25(10-4)21(17)9-3)18-12-11-13-24-20(18)8-2;1-2/h7,11-13,16H,1,8-10,14-15H2,2-6H3;1-2H3. The summed E-state index contributed by atoms with van der Waals surface area (Å²) in [6.07, 6.45) is 6.46. The van der Waals surface area contributed by atoms with Gasteiger partial charge in [0.25, 0.3) is 6.47 Å². The highest BCUT2D eigenvalue weighted by Gasteiger charge is 2.28. The second-order valence-corrected chi connectivity index (χ2v) is 7.59. The van der Waals surface area contributed by atoms with Crippen molar-refractivity contribution in [2.45, 2.75) is 74.3 Å². The van der Waals surface area contributed by atoms with Gasteiger partial charge in [-0.1, -0.05) is 54.2 Å². The van der Waals surface area contributed by atoms with E-state index in [0.29, 0.717) is 13.1 Å². The van der Waals surface area contributed by atoms with E-state index in [1.165, 1.54) is 28.1 Å². The van der Waals surface area contributed by atoms with Gasteiger partial charge in [0.1, 0.15) is 0 Å². The molecule has 4 heteroatoms. The van der Waals surface area contributed by atoms with Crippen molar-refractivity contribution < 1.29 is 9.53 Å². The summed E-state index contributed by atoms with van der Waals surface area (Å²) in [6, 6.07) is 4.17. The number of carbonyl (C=O) groups excluding carboxylic acids is 1. The molecule has 0 N–H and O–H groups in total. The summed E-state index contributed by atoms with van der Waals surface area (Å²) in [6.45, 7) is 20.7. The Kier molecular flexibility index (Phi) is 9.87. The highest BCUT2D eigenvalue weighted by molar-refractivity contribution is 5.74. The van der Waals surface area contributed by atoms with Crippen LogP contribution >= 0.6 is 0 Å². The molecule has 2 heterocycles. The summed E-state index contributed by atoms with van der Waals surface area (Å²) in [5, 5.41) is 0. The summed E-state index contributed by atoms with van der Waals surface area (Å²) in [7, 11) is 0. The van der Waals surface area contributed by atoms with E-state index in [2.05, 4.69) is 56.8 Å². The summed E-state index contributed by atoms with van der Waals surface area (Å²) < 4.78 is 7.50. The fourth-order valence-corrected chi connectivity index (χ4v) is 3.93. The zero-order chi connectivity index (χ0) is 22.0. The van der Waals surface area contributed by atoms with E-state index < -0.39 is 0 Å². The molecular weight excluding hydrogens is 360 g/mol. The van der Waals surface area contributed by atoms with Crippen LogP contribution in [0.5, 0.6) is 0 Å². The molecule has 0 unspecified atom stereocenters. The van der Waals surface area contributed by atoms with Gasteiger partial charge in [0, 0.05) is 35.1 Å². The van der Waals surface area contributed by atoms with Crippen LogP contribution in [0.15, 0.2) is 24.9 Å². The quantitative estimate of drug-likeness (QED) is 0.454. The van der Waals surface area contributed by atoms with Crippen molar-refractivity contribution >= 4 is 12.5 Å². The molecule has 0 spiro atoms. The van der Waals surface area contributed by atoms with E-state index in [4.69, 9.17) is 4.74 Å². The van der Waals surface area contributed by atoms with E-state index in [1.54, 1.807) is 0 Å². The van der Waals surface area contributed by atoms with Crippen LogP contribution in [-0.4, -0.2) is 22.6 Å². The molecule has 0 aliphatic carbocycles. The molecule has 29 heavy (non-hydrogen) atoms. The fraction of sp³-hybridized carbons (Fsp3) is 0.520. The van der Waals surface area contributed by atoms with Gasteiger partial charge in [-0.05, 0) is 49.4 Å². The second kappa shape index (κ2) is 11.6. The maximum Gasteiger partial charge on any atom is 0.293 e. The molecule has 0 aliphatic rings. The summed E-state index contributed by atoms with van der Waals surface area (Å²) in [4.78, 5) is 15.3. The Morgan fingerprint density at radius 3 is 2.41 bits per heavy atom. The Morgan fingerprint density at radius 1 is 1.21 bits per heavy atom. The van der Waals surface area contributed by atoms with Gasteiger partial charge in [-0.3, -0.25) is 9.78 Å². The zero-order valence-electron chi connectivity index (χ0n) is 19.3. The molecule has 2 aromatic rings. The first kappa shape index (κ1) is 24.7. The third-order valence-electron chi connectivity index (χ3n) is 5.05. The molecule has 2 rings (SSSR count). The van der Waals surface area contributed by atoms with Gasteiger partial charge in [-0.15, -0.1) is 0 Å². The van der Waals surface area contributed by atoms with Crippen molar-refractivity contribution in [1.82, 2.24) is 9.55 Å². The number of hydrogen-bond donors (Lipinski definition) is 0. The first-order valence-electron chi connectivity index (χ1n) is 10.8. The molecule has 0 aliphatic heterocycles. The van der Waals surface area contributed by atoms with Gasteiger partial charge in [0.05, 0.1) is 12.3 Å². The third kappa shape index (κ3) is 5.59. The van der Waals surface area contributed by atoms with Crippen LogP contribution in [0.25, 0.3) is 17.3 Å². The Bertz CT molecular complexity index is 803. The number of rotatable bonds is 10. The van der Waals surface area contributed by atoms with E-state index in [0.717, 1.165) is 31.5 Å². The SMILES string of the molecule is C=Cc1c(CC(C)(C)COC=O)c(-c2cccnc2CC)n(CC)c1CC.CC. The molecule has 4 nitrogen and oxygen atoms in total. The lowest BCUT2D eigenvalue weighted by Gasteiger charge is -2.24. The second-order valence-electron chi connectivity index (χ2n) is 7.59. The molecule has 0 saturated heterocycles. The number of hydrogen-bond acceptors (Lipinski definition) is 3. The van der Waals surface area contributed by atoms with Gasteiger partial charge in [-0.2, -0.15) is 0 Å². The van der Waals surface area contributed by atoms with Crippen molar-refractivity contribution in [1.29, 1.82) is 0 Å². The Labute approximate surface area is 177 Å². The number of nitrogens with zero attached hydrogens (tertiary/aromatic N) is 2. The Hall–Kier alpha value is -2.36. The summed E-state index contributed by atoms with van der Waals surface area (Å²) in [5.74, 6) is 0. The van der Waals surface area contributed by atoms with Crippen LogP contribution in [0.1, 0.15) is 71.0 Å². The van der Waals surface area contributed by atoms with Gasteiger partial charge in [-0.25, -0.2) is 0 Å². The van der Waals surface area contributed by atoms with Crippen LogP contribution in [-0.2, 0) is 35.3 Å². The topological polar surface area (TPSA) is 44.1 Å². The zero-order valence-corrected chi connectivity index (χ0v) is 19.3. The molecule has 160 valence electrons. The largest absolute Gasteiger partial charge is 0.467 e. The Balaban J connectivity index is 0.00000204. The molecule has 0 atom stereocenters. The number of carbonyl (C=O) groups is 1. The number of aryl methyl sites for hydroxylation is 1. The smallest absolute Gasteiger partial charge is 0.293 e. The maximum absolute atomic E-state index is 10.7. The van der Waals surface area contributed by atoms with E-state index >= 15 is 0 Å². The van der Waals surface area contributed by atoms with Crippen LogP contribution in [0.3, 0.4) is 0 Å². The van der Waals surface area contributed by atoms with Crippen LogP contribution < -0.4 is 0 Å². The predicted molar refractivity (Wildman–Crippen MR) is 123 cm³/mol. The molecule has 0 fully saturated rings. The minimum Gasteiger partial charge on any atom is -0.467 e. The minimum atomic E-state index is -0.174. The Morgan fingerprint density at radius 2 is 1.90 bits per heavy atom. The minimum absolute atomic E-state index is 0.174. The molecule has 2 aromatic heterocycles. The predicted octanol–water partition coefficient (Wildman–Crippen LogP) is 6.11. The van der Waals surface area contributed by atoms with E-state index in [1.807, 2.05) is 32.2 Å². The van der Waals surface area contributed by atoms with Gasteiger partial charge in [0.15, 0.2) is 0 Å². The number of ether oxygens (including phenoxy) is 1. The van der Waals surface area contributed by atoms with Gasteiger partial charge >= 0.3 is 0 Å². The van der Waals surface area contributed by atoms with Crippen LogP contribution in [0.4, 0.5) is 0 Å².